The fraction of sp³-hybridized carbons (Fsp3) is 0.643. The average Bonchev–Trinajstić information content (AvgIpc) is 2.46. The largest absolute Gasteiger partial charge is 0.396 e. The Labute approximate surface area is 119 Å². The van der Waals surface area contributed by atoms with Crippen molar-refractivity contribution in [1.82, 2.24) is 14.9 Å². The van der Waals surface area contributed by atoms with E-state index < -0.39 is 0 Å². The van der Waals surface area contributed by atoms with E-state index in [-0.39, 0.29) is 30.0 Å². The van der Waals surface area contributed by atoms with Gasteiger partial charge in [-0.15, -0.1) is 0 Å². The third kappa shape index (κ3) is 3.07. The van der Waals surface area contributed by atoms with Crippen LogP contribution in [0.2, 0.25) is 0 Å². The quantitative estimate of drug-likeness (QED) is 0.861. The summed E-state index contributed by atoms with van der Waals surface area (Å²) in [6, 6.07) is 0. The number of nitrogen functional groups attached to an aromatic ring is 1. The maximum atomic E-state index is 12.5. The highest BCUT2D eigenvalue weighted by atomic mass is 16.3. The van der Waals surface area contributed by atoms with Crippen LogP contribution in [0.5, 0.6) is 0 Å². The standard InChI is InChI=1S/C14H22N4O2/c1-9(2)13-16-6-11(15)12(17-13)14(20)18-5-3-4-10(7-18)8-19/h6,9-10,19H,3-5,7-8,15H2,1-2H3. The van der Waals surface area contributed by atoms with Gasteiger partial charge in [0.15, 0.2) is 5.69 Å². The Morgan fingerprint density at radius 2 is 2.35 bits per heavy atom. The summed E-state index contributed by atoms with van der Waals surface area (Å²) >= 11 is 0. The highest BCUT2D eigenvalue weighted by molar-refractivity contribution is 5.97. The SMILES string of the molecule is CC(C)c1ncc(N)c(C(=O)N2CCCC(CO)C2)n1. The van der Waals surface area contributed by atoms with Crippen LogP contribution in [-0.4, -0.2) is 45.6 Å². The van der Waals surface area contributed by atoms with Crippen molar-refractivity contribution in [2.24, 2.45) is 5.92 Å². The van der Waals surface area contributed by atoms with E-state index in [1.165, 1.54) is 6.20 Å². The molecule has 0 saturated carbocycles. The predicted octanol–water partition coefficient (Wildman–Crippen LogP) is 1.03. The van der Waals surface area contributed by atoms with Gasteiger partial charge in [-0.25, -0.2) is 9.97 Å². The minimum absolute atomic E-state index is 0.111. The van der Waals surface area contributed by atoms with Gasteiger partial charge in [-0.3, -0.25) is 4.79 Å². The third-order valence-electron chi connectivity index (χ3n) is 3.62. The van der Waals surface area contributed by atoms with E-state index in [9.17, 15) is 9.90 Å². The van der Waals surface area contributed by atoms with Crippen LogP contribution in [0.1, 0.15) is 48.9 Å². The van der Waals surface area contributed by atoms with E-state index in [4.69, 9.17) is 5.73 Å². The fourth-order valence-electron chi connectivity index (χ4n) is 2.40. The van der Waals surface area contributed by atoms with Crippen molar-refractivity contribution < 1.29 is 9.90 Å². The summed E-state index contributed by atoms with van der Waals surface area (Å²) < 4.78 is 0. The van der Waals surface area contributed by atoms with Gasteiger partial charge in [-0.05, 0) is 18.8 Å². The molecule has 0 aliphatic carbocycles. The van der Waals surface area contributed by atoms with E-state index in [1.54, 1.807) is 4.90 Å². The molecule has 0 spiro atoms. The first-order valence-corrected chi connectivity index (χ1v) is 7.05. The smallest absolute Gasteiger partial charge is 0.274 e. The lowest BCUT2D eigenvalue weighted by atomic mass is 9.99. The molecule has 0 bridgehead atoms. The molecule has 2 rings (SSSR count). The molecule has 2 heterocycles. The number of hydrogen-bond donors (Lipinski definition) is 2. The number of aliphatic hydroxyl groups is 1. The second kappa shape index (κ2) is 6.17. The summed E-state index contributed by atoms with van der Waals surface area (Å²) in [4.78, 5) is 22.7. The maximum absolute atomic E-state index is 12.5. The second-order valence-electron chi connectivity index (χ2n) is 5.63. The predicted molar refractivity (Wildman–Crippen MR) is 76.2 cm³/mol. The minimum Gasteiger partial charge on any atom is -0.396 e. The summed E-state index contributed by atoms with van der Waals surface area (Å²) in [5, 5.41) is 9.24. The summed E-state index contributed by atoms with van der Waals surface area (Å²) in [6.45, 7) is 5.32. The number of piperidine rings is 1. The lowest BCUT2D eigenvalue weighted by molar-refractivity contribution is 0.0615. The first-order chi connectivity index (χ1) is 9.52. The van der Waals surface area contributed by atoms with Crippen LogP contribution in [-0.2, 0) is 0 Å². The monoisotopic (exact) mass is 278 g/mol. The molecule has 1 amide bonds. The fourth-order valence-corrected chi connectivity index (χ4v) is 2.40. The Hall–Kier alpha value is -1.69. The second-order valence-corrected chi connectivity index (χ2v) is 5.63. The maximum Gasteiger partial charge on any atom is 0.274 e. The number of likely N-dealkylation sites (tertiary alicyclic amines) is 1. The molecule has 6 nitrogen and oxygen atoms in total. The van der Waals surface area contributed by atoms with Gasteiger partial charge in [0, 0.05) is 25.6 Å². The van der Waals surface area contributed by atoms with Crippen molar-refractivity contribution in [3.63, 3.8) is 0 Å². The van der Waals surface area contributed by atoms with Crippen LogP contribution in [0.4, 0.5) is 5.69 Å². The van der Waals surface area contributed by atoms with Crippen LogP contribution in [0.25, 0.3) is 0 Å². The number of amides is 1. The molecule has 20 heavy (non-hydrogen) atoms. The number of hydrogen-bond acceptors (Lipinski definition) is 5. The molecule has 1 saturated heterocycles. The van der Waals surface area contributed by atoms with Gasteiger partial charge in [0.2, 0.25) is 0 Å². The summed E-state index contributed by atoms with van der Waals surface area (Å²) in [7, 11) is 0. The van der Waals surface area contributed by atoms with Crippen molar-refractivity contribution in [2.45, 2.75) is 32.6 Å². The van der Waals surface area contributed by atoms with Crippen molar-refractivity contribution in [3.8, 4) is 0 Å². The van der Waals surface area contributed by atoms with E-state index >= 15 is 0 Å². The van der Waals surface area contributed by atoms with Gasteiger partial charge >= 0.3 is 0 Å². The molecule has 1 atom stereocenters. The average molecular weight is 278 g/mol. The number of aromatic nitrogens is 2. The Balaban J connectivity index is 2.21. The van der Waals surface area contributed by atoms with Gasteiger partial charge in [-0.2, -0.15) is 0 Å². The molecule has 1 aliphatic rings. The summed E-state index contributed by atoms with van der Waals surface area (Å²) in [6.07, 6.45) is 3.36. The summed E-state index contributed by atoms with van der Waals surface area (Å²) in [5.74, 6) is 0.761. The number of nitrogens with zero attached hydrogens (tertiary/aromatic N) is 3. The Morgan fingerprint density at radius 3 is 3.00 bits per heavy atom. The number of aliphatic hydroxyl groups excluding tert-OH is 1. The highest BCUT2D eigenvalue weighted by Crippen LogP contribution is 2.20. The lowest BCUT2D eigenvalue weighted by Crippen LogP contribution is -2.41. The summed E-state index contributed by atoms with van der Waals surface area (Å²) in [5.41, 5.74) is 6.43. The molecular weight excluding hydrogens is 256 g/mol. The van der Waals surface area contributed by atoms with E-state index in [1.807, 2.05) is 13.8 Å². The van der Waals surface area contributed by atoms with Crippen LogP contribution in [0.3, 0.4) is 0 Å². The Bertz CT molecular complexity index is 490. The zero-order valence-corrected chi connectivity index (χ0v) is 12.0. The van der Waals surface area contributed by atoms with Gasteiger partial charge < -0.3 is 15.7 Å². The molecule has 0 aromatic carbocycles. The zero-order chi connectivity index (χ0) is 14.7. The molecule has 1 fully saturated rings. The van der Waals surface area contributed by atoms with Crippen LogP contribution < -0.4 is 5.73 Å². The van der Waals surface area contributed by atoms with Gasteiger partial charge in [-0.1, -0.05) is 13.8 Å². The van der Waals surface area contributed by atoms with Gasteiger partial charge in [0.05, 0.1) is 11.9 Å². The molecule has 0 radical (unpaired) electrons. The van der Waals surface area contributed by atoms with Crippen LogP contribution >= 0.6 is 0 Å². The Kier molecular flexibility index (Phi) is 4.54. The number of carbonyl (C=O) groups excluding carboxylic acids is 1. The molecule has 1 aromatic rings. The molecule has 110 valence electrons. The number of rotatable bonds is 3. The minimum atomic E-state index is -0.162. The molecule has 1 unspecified atom stereocenters. The molecule has 6 heteroatoms. The van der Waals surface area contributed by atoms with Crippen molar-refractivity contribution in [2.75, 3.05) is 25.4 Å². The van der Waals surface area contributed by atoms with E-state index in [0.717, 1.165) is 12.8 Å². The van der Waals surface area contributed by atoms with Crippen molar-refractivity contribution in [3.05, 3.63) is 17.7 Å². The van der Waals surface area contributed by atoms with E-state index in [2.05, 4.69) is 9.97 Å². The lowest BCUT2D eigenvalue weighted by Gasteiger charge is -2.31. The number of nitrogens with two attached hydrogens (primary N) is 1. The van der Waals surface area contributed by atoms with Crippen molar-refractivity contribution in [1.29, 1.82) is 0 Å². The van der Waals surface area contributed by atoms with E-state index in [0.29, 0.717) is 24.6 Å². The first kappa shape index (κ1) is 14.7. The van der Waals surface area contributed by atoms with Crippen LogP contribution in [0, 0.1) is 5.92 Å². The topological polar surface area (TPSA) is 92.3 Å². The normalized spacial score (nSPS) is 19.4. The highest BCUT2D eigenvalue weighted by Gasteiger charge is 2.26. The molecule has 3 N–H and O–H groups in total. The molecule has 1 aromatic heterocycles. The van der Waals surface area contributed by atoms with Crippen LogP contribution in [0.15, 0.2) is 6.20 Å². The van der Waals surface area contributed by atoms with Crippen molar-refractivity contribution >= 4 is 11.6 Å². The Morgan fingerprint density at radius 1 is 1.60 bits per heavy atom. The van der Waals surface area contributed by atoms with Gasteiger partial charge in [0.1, 0.15) is 5.82 Å². The number of anilines is 1. The first-order valence-electron chi connectivity index (χ1n) is 7.05. The molecular formula is C14H22N4O2. The number of carbonyl (C=O) groups is 1. The zero-order valence-electron chi connectivity index (χ0n) is 12.0. The third-order valence-corrected chi connectivity index (χ3v) is 3.62. The van der Waals surface area contributed by atoms with Gasteiger partial charge in [0.25, 0.3) is 5.91 Å². The molecule has 1 aliphatic heterocycles.